The van der Waals surface area contributed by atoms with Gasteiger partial charge in [0.25, 0.3) is 0 Å². The number of rotatable bonds is 4. The Labute approximate surface area is 134 Å². The summed E-state index contributed by atoms with van der Waals surface area (Å²) in [5.41, 5.74) is 2.74. The molecule has 0 fully saturated rings. The average molecular weight is 320 g/mol. The van der Waals surface area contributed by atoms with Gasteiger partial charge in [0, 0.05) is 11.3 Å². The lowest BCUT2D eigenvalue weighted by Crippen LogP contribution is -2.27. The van der Waals surface area contributed by atoms with E-state index in [9.17, 15) is 4.79 Å². The van der Waals surface area contributed by atoms with Crippen LogP contribution in [0.4, 0.5) is 0 Å². The highest BCUT2D eigenvalue weighted by atomic mass is 35.5. The van der Waals surface area contributed by atoms with E-state index in [2.05, 4.69) is 29.6 Å². The lowest BCUT2D eigenvalue weighted by molar-refractivity contribution is -0.122. The van der Waals surface area contributed by atoms with E-state index in [4.69, 9.17) is 11.6 Å². The van der Waals surface area contributed by atoms with E-state index in [1.165, 1.54) is 22.5 Å². The van der Waals surface area contributed by atoms with Crippen LogP contribution in [-0.4, -0.2) is 5.91 Å². The number of fused-ring (bicyclic) bond motifs is 1. The van der Waals surface area contributed by atoms with E-state index >= 15 is 0 Å². The van der Waals surface area contributed by atoms with Crippen molar-refractivity contribution in [3.8, 4) is 0 Å². The maximum atomic E-state index is 12.3. The number of amides is 1. The molecular formula is C17H18ClNOS. The molecular weight excluding hydrogens is 302 g/mol. The van der Waals surface area contributed by atoms with Crippen molar-refractivity contribution in [3.63, 3.8) is 0 Å². The number of benzene rings is 1. The Morgan fingerprint density at radius 3 is 2.95 bits per heavy atom. The molecule has 1 N–H and O–H groups in total. The number of aryl methyl sites for hydroxylation is 1. The molecule has 1 amide bonds. The molecule has 1 aromatic heterocycles. The average Bonchev–Trinajstić information content (AvgIpc) is 3.06. The van der Waals surface area contributed by atoms with E-state index in [0.29, 0.717) is 12.3 Å². The second-order valence-corrected chi connectivity index (χ2v) is 7.32. The number of halogens is 1. The van der Waals surface area contributed by atoms with Gasteiger partial charge in [-0.2, -0.15) is 0 Å². The predicted octanol–water partition coefficient (Wildman–Crippen LogP) is 4.70. The number of carbonyl (C=O) groups excluding carboxylic acids is 1. The Morgan fingerprint density at radius 1 is 1.38 bits per heavy atom. The molecule has 2 nitrogen and oxygen atoms in total. The minimum atomic E-state index is 0.0200. The Bertz CT molecular complexity index is 652. The molecule has 0 aliphatic heterocycles. The van der Waals surface area contributed by atoms with Crippen LogP contribution < -0.4 is 5.32 Å². The van der Waals surface area contributed by atoms with E-state index in [-0.39, 0.29) is 11.9 Å². The van der Waals surface area contributed by atoms with Crippen LogP contribution in [-0.2, 0) is 11.2 Å². The van der Waals surface area contributed by atoms with Crippen molar-refractivity contribution in [2.24, 2.45) is 0 Å². The molecule has 1 aliphatic rings. The van der Waals surface area contributed by atoms with E-state index < -0.39 is 0 Å². The second kappa shape index (κ2) is 6.20. The zero-order chi connectivity index (χ0) is 14.8. The van der Waals surface area contributed by atoms with Crippen LogP contribution in [0, 0.1) is 0 Å². The maximum absolute atomic E-state index is 12.3. The van der Waals surface area contributed by atoms with Crippen molar-refractivity contribution < 1.29 is 4.79 Å². The first kappa shape index (κ1) is 14.6. The van der Waals surface area contributed by atoms with Gasteiger partial charge in [0.05, 0.1) is 10.4 Å². The summed E-state index contributed by atoms with van der Waals surface area (Å²) < 4.78 is 0.760. The Kier molecular flexibility index (Phi) is 4.32. The normalized spacial score (nSPS) is 18.3. The maximum Gasteiger partial charge on any atom is 0.221 e. The zero-order valence-corrected chi connectivity index (χ0v) is 13.5. The number of hydrogen-bond acceptors (Lipinski definition) is 2. The fourth-order valence-corrected chi connectivity index (χ4v) is 4.08. The molecule has 2 aromatic rings. The standard InChI is InChI=1S/C17H18ClNOS/c1-11(15-8-9-16(18)21-15)19-17(20)10-13-7-6-12-4-2-3-5-14(12)13/h2-5,8-9,11,13H,6-7,10H2,1H3,(H,19,20). The molecule has 4 heteroatoms. The minimum absolute atomic E-state index is 0.0200. The van der Waals surface area contributed by atoms with Gasteiger partial charge in [-0.05, 0) is 48.9 Å². The fraction of sp³-hybridized carbons (Fsp3) is 0.353. The summed E-state index contributed by atoms with van der Waals surface area (Å²) in [6.07, 6.45) is 2.73. The smallest absolute Gasteiger partial charge is 0.221 e. The number of nitrogens with one attached hydrogen (secondary N) is 1. The first-order valence-corrected chi connectivity index (χ1v) is 8.45. The van der Waals surface area contributed by atoms with Gasteiger partial charge < -0.3 is 5.32 Å². The van der Waals surface area contributed by atoms with Gasteiger partial charge in [0.15, 0.2) is 0 Å². The molecule has 2 unspecified atom stereocenters. The summed E-state index contributed by atoms with van der Waals surface area (Å²) in [5, 5.41) is 3.08. The van der Waals surface area contributed by atoms with Gasteiger partial charge in [0.2, 0.25) is 5.91 Å². The number of hydrogen-bond donors (Lipinski definition) is 1. The molecule has 1 aliphatic carbocycles. The summed E-state index contributed by atoms with van der Waals surface area (Å²) in [5.74, 6) is 0.481. The van der Waals surface area contributed by atoms with Crippen molar-refractivity contribution >= 4 is 28.8 Å². The van der Waals surface area contributed by atoms with Crippen LogP contribution in [0.25, 0.3) is 0 Å². The molecule has 0 spiro atoms. The van der Waals surface area contributed by atoms with Crippen LogP contribution in [0.3, 0.4) is 0 Å². The first-order chi connectivity index (χ1) is 10.1. The van der Waals surface area contributed by atoms with Gasteiger partial charge in [-0.25, -0.2) is 0 Å². The second-order valence-electron chi connectivity index (χ2n) is 5.57. The Hall–Kier alpha value is -1.32. The molecule has 0 saturated heterocycles. The third-order valence-electron chi connectivity index (χ3n) is 4.09. The molecule has 110 valence electrons. The van der Waals surface area contributed by atoms with Gasteiger partial charge in [-0.3, -0.25) is 4.79 Å². The van der Waals surface area contributed by atoms with Crippen LogP contribution in [0.15, 0.2) is 36.4 Å². The van der Waals surface area contributed by atoms with Crippen molar-refractivity contribution in [3.05, 3.63) is 56.7 Å². The van der Waals surface area contributed by atoms with Gasteiger partial charge >= 0.3 is 0 Å². The Balaban J connectivity index is 1.60. The highest BCUT2D eigenvalue weighted by Gasteiger charge is 2.24. The summed E-state index contributed by atoms with van der Waals surface area (Å²) in [6, 6.07) is 12.3. The Morgan fingerprint density at radius 2 is 2.19 bits per heavy atom. The molecule has 3 rings (SSSR count). The summed E-state index contributed by atoms with van der Waals surface area (Å²) >= 11 is 7.46. The number of carbonyl (C=O) groups is 1. The summed E-state index contributed by atoms with van der Waals surface area (Å²) in [4.78, 5) is 13.4. The molecule has 0 radical (unpaired) electrons. The quantitative estimate of drug-likeness (QED) is 0.869. The highest BCUT2D eigenvalue weighted by Crippen LogP contribution is 2.35. The van der Waals surface area contributed by atoms with Crippen LogP contribution in [0.5, 0.6) is 0 Å². The SMILES string of the molecule is CC(NC(=O)CC1CCc2ccccc21)c1ccc(Cl)s1. The van der Waals surface area contributed by atoms with Crippen LogP contribution >= 0.6 is 22.9 Å². The van der Waals surface area contributed by atoms with E-state index in [1.54, 1.807) is 0 Å². The lowest BCUT2D eigenvalue weighted by atomic mass is 9.97. The third-order valence-corrected chi connectivity index (χ3v) is 5.50. The first-order valence-electron chi connectivity index (χ1n) is 7.26. The van der Waals surface area contributed by atoms with Gasteiger partial charge in [0.1, 0.15) is 0 Å². The highest BCUT2D eigenvalue weighted by molar-refractivity contribution is 7.16. The topological polar surface area (TPSA) is 29.1 Å². The molecule has 21 heavy (non-hydrogen) atoms. The summed E-state index contributed by atoms with van der Waals surface area (Å²) in [6.45, 7) is 2.00. The van der Waals surface area contributed by atoms with Crippen molar-refractivity contribution in [2.75, 3.05) is 0 Å². The monoisotopic (exact) mass is 319 g/mol. The van der Waals surface area contributed by atoms with E-state index in [0.717, 1.165) is 22.1 Å². The largest absolute Gasteiger partial charge is 0.349 e. The predicted molar refractivity (Wildman–Crippen MR) is 88.0 cm³/mol. The molecule has 0 bridgehead atoms. The van der Waals surface area contributed by atoms with Gasteiger partial charge in [-0.15, -0.1) is 11.3 Å². The van der Waals surface area contributed by atoms with Crippen molar-refractivity contribution in [1.82, 2.24) is 5.32 Å². The third kappa shape index (κ3) is 3.30. The minimum Gasteiger partial charge on any atom is -0.349 e. The van der Waals surface area contributed by atoms with Crippen LogP contribution in [0.1, 0.15) is 47.7 Å². The number of thiophene rings is 1. The van der Waals surface area contributed by atoms with Gasteiger partial charge in [-0.1, -0.05) is 35.9 Å². The summed E-state index contributed by atoms with van der Waals surface area (Å²) in [7, 11) is 0. The zero-order valence-electron chi connectivity index (χ0n) is 11.9. The lowest BCUT2D eigenvalue weighted by Gasteiger charge is -2.15. The molecule has 1 heterocycles. The molecule has 0 saturated carbocycles. The van der Waals surface area contributed by atoms with Crippen molar-refractivity contribution in [1.29, 1.82) is 0 Å². The van der Waals surface area contributed by atoms with Crippen LogP contribution in [0.2, 0.25) is 4.34 Å². The van der Waals surface area contributed by atoms with E-state index in [1.807, 2.05) is 19.1 Å². The van der Waals surface area contributed by atoms with Crippen molar-refractivity contribution in [2.45, 2.75) is 38.1 Å². The molecule has 1 aromatic carbocycles. The molecule has 2 atom stereocenters. The fourth-order valence-electron chi connectivity index (χ4n) is 3.01.